The average Bonchev–Trinajstić information content (AvgIpc) is 2.98. The van der Waals surface area contributed by atoms with Crippen molar-refractivity contribution in [3.05, 3.63) is 119 Å². The van der Waals surface area contributed by atoms with Gasteiger partial charge in [0.05, 0.1) is 5.39 Å². The summed E-state index contributed by atoms with van der Waals surface area (Å²) < 4.78 is 27.9. The van der Waals surface area contributed by atoms with E-state index in [2.05, 4.69) is 0 Å². The molecule has 0 aliphatic carbocycles. The molecule has 0 amide bonds. The number of carbonyl (C=O) groups excluding carboxylic acids is 1. The number of carbonyl (C=O) groups is 1. The molecule has 5 aromatic rings. The van der Waals surface area contributed by atoms with Gasteiger partial charge in [-0.1, -0.05) is 48.5 Å². The molecule has 1 aliphatic rings. The molecule has 7 nitrogen and oxygen atoms in total. The lowest BCUT2D eigenvalue weighted by molar-refractivity contribution is -0.128. The van der Waals surface area contributed by atoms with Gasteiger partial charge in [0.1, 0.15) is 36.6 Å². The number of ether oxygens (including phenoxy) is 4. The minimum atomic E-state index is -0.578. The highest BCUT2D eigenvalue weighted by molar-refractivity contribution is 5.89. The molecule has 0 radical (unpaired) electrons. The lowest BCUT2D eigenvalue weighted by Gasteiger charge is -2.18. The second-order valence-electron chi connectivity index (χ2n) is 8.74. The molecular formula is C32H22O7. The molecule has 1 aromatic heterocycles. The zero-order valence-electron chi connectivity index (χ0n) is 20.7. The lowest BCUT2D eigenvalue weighted by atomic mass is 10.1. The molecule has 0 saturated heterocycles. The van der Waals surface area contributed by atoms with Crippen LogP contribution < -0.4 is 24.4 Å². The van der Waals surface area contributed by atoms with Gasteiger partial charge in [-0.2, -0.15) is 0 Å². The number of hydrogen-bond acceptors (Lipinski definition) is 7. The smallest absolute Gasteiger partial charge is 0.336 e. The van der Waals surface area contributed by atoms with Crippen LogP contribution in [0.1, 0.15) is 5.56 Å². The van der Waals surface area contributed by atoms with Crippen molar-refractivity contribution in [3.63, 3.8) is 0 Å². The van der Waals surface area contributed by atoms with Crippen LogP contribution >= 0.6 is 0 Å². The van der Waals surface area contributed by atoms with Crippen LogP contribution in [0.15, 0.2) is 113 Å². The Morgan fingerprint density at radius 3 is 2.33 bits per heavy atom. The summed E-state index contributed by atoms with van der Waals surface area (Å²) in [4.78, 5) is 25.4. The second kappa shape index (κ2) is 10.6. The van der Waals surface area contributed by atoms with E-state index in [9.17, 15) is 9.59 Å². The molecule has 0 atom stereocenters. The van der Waals surface area contributed by atoms with E-state index in [1.54, 1.807) is 36.4 Å². The van der Waals surface area contributed by atoms with Crippen LogP contribution in [0, 0.1) is 0 Å². The maximum absolute atomic E-state index is 13.0. The molecular weight excluding hydrogens is 496 g/mol. The maximum atomic E-state index is 13.0. The molecule has 39 heavy (non-hydrogen) atoms. The first kappa shape index (κ1) is 24.1. The first-order chi connectivity index (χ1) is 19.1. The monoisotopic (exact) mass is 518 g/mol. The molecule has 0 spiro atoms. The predicted octanol–water partition coefficient (Wildman–Crippen LogP) is 6.64. The van der Waals surface area contributed by atoms with E-state index in [0.717, 1.165) is 16.7 Å². The Balaban J connectivity index is 1.14. The van der Waals surface area contributed by atoms with Crippen LogP contribution in [0.4, 0.5) is 0 Å². The third-order valence-corrected chi connectivity index (χ3v) is 6.10. The maximum Gasteiger partial charge on any atom is 0.336 e. The molecule has 0 N–H and O–H groups in total. The summed E-state index contributed by atoms with van der Waals surface area (Å²) >= 11 is 0. The number of hydrogen-bond donors (Lipinski definition) is 0. The molecule has 1 aliphatic heterocycles. The highest BCUT2D eigenvalue weighted by atomic mass is 16.6. The standard InChI is InChI=1S/C32H22O7/c33-31(15-7-21-6-14-27-29(18-21)36-17-16-35-27)39-25-12-13-26-28(19-25)37-20-30(32(26)34)38-24-10-8-23(9-11-24)22-4-2-1-3-5-22/h1-15,18-20H,16-17H2/b15-7+. The third kappa shape index (κ3) is 5.38. The minimum absolute atomic E-state index is 0.0575. The van der Waals surface area contributed by atoms with Crippen LogP contribution in [-0.4, -0.2) is 19.2 Å². The highest BCUT2D eigenvalue weighted by Gasteiger charge is 2.13. The molecule has 6 rings (SSSR count). The van der Waals surface area contributed by atoms with Gasteiger partial charge in [-0.15, -0.1) is 0 Å². The molecule has 0 fully saturated rings. The van der Waals surface area contributed by atoms with Crippen LogP contribution in [-0.2, 0) is 4.79 Å². The Kier molecular flexibility index (Phi) is 6.53. The Morgan fingerprint density at radius 2 is 1.51 bits per heavy atom. The van der Waals surface area contributed by atoms with Crippen LogP contribution in [0.25, 0.3) is 28.2 Å². The topological polar surface area (TPSA) is 84.2 Å². The van der Waals surface area contributed by atoms with Crippen molar-refractivity contribution < 1.29 is 28.2 Å². The number of esters is 1. The van der Waals surface area contributed by atoms with E-state index in [1.165, 1.54) is 24.5 Å². The molecule has 0 bridgehead atoms. The summed E-state index contributed by atoms with van der Waals surface area (Å²) in [6.07, 6.45) is 4.19. The van der Waals surface area contributed by atoms with Crippen molar-refractivity contribution >= 4 is 23.0 Å². The van der Waals surface area contributed by atoms with Crippen molar-refractivity contribution in [1.29, 1.82) is 0 Å². The van der Waals surface area contributed by atoms with E-state index < -0.39 is 5.97 Å². The molecule has 2 heterocycles. The summed E-state index contributed by atoms with van der Waals surface area (Å²) in [6, 6.07) is 27.4. The fraction of sp³-hybridized carbons (Fsp3) is 0.0625. The van der Waals surface area contributed by atoms with Crippen LogP contribution in [0.3, 0.4) is 0 Å². The van der Waals surface area contributed by atoms with Gasteiger partial charge in [0.2, 0.25) is 11.2 Å². The van der Waals surface area contributed by atoms with Crippen molar-refractivity contribution in [1.82, 2.24) is 0 Å². The van der Waals surface area contributed by atoms with Crippen molar-refractivity contribution in [2.45, 2.75) is 0 Å². The second-order valence-corrected chi connectivity index (χ2v) is 8.74. The zero-order chi connectivity index (χ0) is 26.6. The van der Waals surface area contributed by atoms with E-state index >= 15 is 0 Å². The Bertz CT molecular complexity index is 1740. The largest absolute Gasteiger partial charge is 0.486 e. The van der Waals surface area contributed by atoms with E-state index in [1.807, 2.05) is 48.5 Å². The minimum Gasteiger partial charge on any atom is -0.486 e. The number of benzene rings is 4. The van der Waals surface area contributed by atoms with Gasteiger partial charge < -0.3 is 23.4 Å². The van der Waals surface area contributed by atoms with Gasteiger partial charge in [-0.05, 0) is 59.2 Å². The number of fused-ring (bicyclic) bond motifs is 2. The average molecular weight is 519 g/mol. The summed E-state index contributed by atoms with van der Waals surface area (Å²) in [7, 11) is 0. The van der Waals surface area contributed by atoms with E-state index in [-0.39, 0.29) is 22.5 Å². The van der Waals surface area contributed by atoms with Gasteiger partial charge >= 0.3 is 5.97 Å². The van der Waals surface area contributed by atoms with Crippen molar-refractivity contribution in [2.24, 2.45) is 0 Å². The van der Waals surface area contributed by atoms with E-state index in [4.69, 9.17) is 23.4 Å². The van der Waals surface area contributed by atoms with Crippen LogP contribution in [0.2, 0.25) is 0 Å². The van der Waals surface area contributed by atoms with Crippen molar-refractivity contribution in [2.75, 3.05) is 13.2 Å². The summed E-state index contributed by atoms with van der Waals surface area (Å²) in [5, 5.41) is 0.306. The third-order valence-electron chi connectivity index (χ3n) is 6.10. The van der Waals surface area contributed by atoms with Gasteiger partial charge in [0.25, 0.3) is 0 Å². The predicted molar refractivity (Wildman–Crippen MR) is 147 cm³/mol. The summed E-state index contributed by atoms with van der Waals surface area (Å²) in [5.74, 6) is 1.54. The summed E-state index contributed by atoms with van der Waals surface area (Å²) in [5.41, 5.74) is 2.83. The van der Waals surface area contributed by atoms with Gasteiger partial charge in [0.15, 0.2) is 11.5 Å². The molecule has 0 unspecified atom stereocenters. The number of rotatable bonds is 6. The molecule has 7 heteroatoms. The fourth-order valence-electron chi connectivity index (χ4n) is 4.18. The highest BCUT2D eigenvalue weighted by Crippen LogP contribution is 2.31. The fourth-order valence-corrected chi connectivity index (χ4v) is 4.18. The van der Waals surface area contributed by atoms with Crippen molar-refractivity contribution in [3.8, 4) is 39.9 Å². The van der Waals surface area contributed by atoms with E-state index in [0.29, 0.717) is 35.8 Å². The molecule has 4 aromatic carbocycles. The normalized spacial score (nSPS) is 12.4. The lowest BCUT2D eigenvalue weighted by Crippen LogP contribution is -2.15. The zero-order valence-corrected chi connectivity index (χ0v) is 20.7. The Morgan fingerprint density at radius 1 is 0.769 bits per heavy atom. The van der Waals surface area contributed by atoms with Crippen LogP contribution in [0.5, 0.6) is 28.7 Å². The SMILES string of the molecule is O=C(/C=C/c1ccc2c(c1)OCCO2)Oc1ccc2c(=O)c(Oc3ccc(-c4ccccc4)cc3)coc2c1. The molecule has 192 valence electrons. The van der Waals surface area contributed by atoms with Gasteiger partial charge in [-0.3, -0.25) is 4.79 Å². The first-order valence-corrected chi connectivity index (χ1v) is 12.3. The van der Waals surface area contributed by atoms with Gasteiger partial charge in [-0.25, -0.2) is 4.79 Å². The Labute approximate surface area is 223 Å². The first-order valence-electron chi connectivity index (χ1n) is 12.3. The Hall–Kier alpha value is -5.30. The van der Waals surface area contributed by atoms with Gasteiger partial charge in [0, 0.05) is 12.1 Å². The quantitative estimate of drug-likeness (QED) is 0.141. The summed E-state index contributed by atoms with van der Waals surface area (Å²) in [6.45, 7) is 0.994. The molecule has 0 saturated carbocycles.